The molecule has 2 aromatic rings. The standard InChI is InChI=1S/C10H12ClN5O4/c11-9-13-6-7(14-10(12)15-8(6)19)16(9)5-1-3(18)4(2-17)20-5/h3-5,17-18H,1-2H2,(H3,12,14,15,19)/t3-,4+,5+/m0/s1. The van der Waals surface area contributed by atoms with Crippen molar-refractivity contribution in [3.8, 4) is 0 Å². The number of aromatic amines is 1. The normalized spacial score (nSPS) is 26.4. The van der Waals surface area contributed by atoms with Gasteiger partial charge >= 0.3 is 0 Å². The number of imidazole rings is 1. The number of hydrogen-bond acceptors (Lipinski definition) is 7. The van der Waals surface area contributed by atoms with E-state index in [0.717, 1.165) is 0 Å². The first-order valence-corrected chi connectivity index (χ1v) is 6.26. The third kappa shape index (κ3) is 1.95. The molecule has 1 fully saturated rings. The summed E-state index contributed by atoms with van der Waals surface area (Å²) in [6, 6.07) is 0. The lowest BCUT2D eigenvalue weighted by Gasteiger charge is -2.14. The van der Waals surface area contributed by atoms with Crippen molar-refractivity contribution in [2.24, 2.45) is 0 Å². The van der Waals surface area contributed by atoms with Crippen LogP contribution in [0.25, 0.3) is 11.2 Å². The van der Waals surface area contributed by atoms with Crippen LogP contribution in [0, 0.1) is 0 Å². The average molecular weight is 302 g/mol. The van der Waals surface area contributed by atoms with E-state index in [2.05, 4.69) is 15.0 Å². The van der Waals surface area contributed by atoms with Gasteiger partial charge in [-0.3, -0.25) is 14.3 Å². The Bertz CT molecular complexity index is 713. The minimum Gasteiger partial charge on any atom is -0.394 e. The Morgan fingerprint density at radius 2 is 2.30 bits per heavy atom. The van der Waals surface area contributed by atoms with E-state index in [1.54, 1.807) is 0 Å². The van der Waals surface area contributed by atoms with Crippen molar-refractivity contribution in [2.45, 2.75) is 24.9 Å². The number of fused-ring (bicyclic) bond motifs is 1. The third-order valence-electron chi connectivity index (χ3n) is 3.20. The largest absolute Gasteiger partial charge is 0.394 e. The van der Waals surface area contributed by atoms with Gasteiger partial charge in [0.25, 0.3) is 5.56 Å². The Balaban J connectivity index is 2.13. The molecule has 0 aromatic carbocycles. The zero-order valence-electron chi connectivity index (χ0n) is 10.2. The van der Waals surface area contributed by atoms with Crippen molar-refractivity contribution in [1.82, 2.24) is 19.5 Å². The van der Waals surface area contributed by atoms with Gasteiger partial charge in [-0.1, -0.05) is 0 Å². The number of rotatable bonds is 2. The Morgan fingerprint density at radius 3 is 2.95 bits per heavy atom. The van der Waals surface area contributed by atoms with Gasteiger partial charge in [0.05, 0.1) is 12.7 Å². The van der Waals surface area contributed by atoms with Gasteiger partial charge in [0, 0.05) is 6.42 Å². The maximum absolute atomic E-state index is 11.7. The second-order valence-corrected chi connectivity index (χ2v) is 4.83. The molecule has 108 valence electrons. The summed E-state index contributed by atoms with van der Waals surface area (Å²) in [4.78, 5) is 22.0. The second-order valence-electron chi connectivity index (χ2n) is 4.49. The number of nitrogens with two attached hydrogens (primary N) is 1. The molecular weight excluding hydrogens is 290 g/mol. The van der Waals surface area contributed by atoms with Gasteiger partial charge in [0.15, 0.2) is 11.2 Å². The van der Waals surface area contributed by atoms with Crippen LogP contribution < -0.4 is 11.3 Å². The van der Waals surface area contributed by atoms with Crippen LogP contribution in [0.4, 0.5) is 5.95 Å². The zero-order valence-corrected chi connectivity index (χ0v) is 10.9. The number of nitrogen functional groups attached to an aromatic ring is 1. The lowest BCUT2D eigenvalue weighted by atomic mass is 10.2. The SMILES string of the molecule is Nc1nc2c(nc(Cl)n2[C@H]2C[C@H](O)[C@@H](CO)O2)c(=O)[nH]1. The number of ether oxygens (including phenoxy) is 1. The summed E-state index contributed by atoms with van der Waals surface area (Å²) in [5.74, 6) is -0.0717. The molecule has 5 N–H and O–H groups in total. The van der Waals surface area contributed by atoms with Gasteiger partial charge in [0.2, 0.25) is 11.2 Å². The number of aliphatic hydroxyl groups excluding tert-OH is 2. The molecule has 20 heavy (non-hydrogen) atoms. The summed E-state index contributed by atoms with van der Waals surface area (Å²) in [7, 11) is 0. The average Bonchev–Trinajstić information content (AvgIpc) is 2.89. The first-order chi connectivity index (χ1) is 9.51. The first kappa shape index (κ1) is 13.3. The Labute approximate surface area is 117 Å². The molecule has 3 atom stereocenters. The Morgan fingerprint density at radius 1 is 1.55 bits per heavy atom. The monoisotopic (exact) mass is 301 g/mol. The van der Waals surface area contributed by atoms with Crippen LogP contribution >= 0.6 is 11.6 Å². The molecule has 0 radical (unpaired) electrons. The van der Waals surface area contributed by atoms with Gasteiger partial charge in [-0.2, -0.15) is 4.98 Å². The van der Waals surface area contributed by atoms with Crippen LogP contribution in [0.2, 0.25) is 5.28 Å². The maximum Gasteiger partial charge on any atom is 0.280 e. The van der Waals surface area contributed by atoms with Crippen LogP contribution in [0.1, 0.15) is 12.6 Å². The van der Waals surface area contributed by atoms with Crippen LogP contribution in [-0.4, -0.2) is 48.5 Å². The number of aromatic nitrogens is 4. The first-order valence-electron chi connectivity index (χ1n) is 5.89. The van der Waals surface area contributed by atoms with E-state index in [-0.39, 0.29) is 35.4 Å². The lowest BCUT2D eigenvalue weighted by Crippen LogP contribution is -2.24. The molecule has 0 saturated carbocycles. The van der Waals surface area contributed by atoms with E-state index < -0.39 is 24.0 Å². The molecule has 1 aliphatic heterocycles. The van der Waals surface area contributed by atoms with E-state index in [0.29, 0.717) is 0 Å². The predicted octanol–water partition coefficient (Wildman–Crippen LogP) is -1.00. The molecule has 10 heteroatoms. The molecule has 9 nitrogen and oxygen atoms in total. The maximum atomic E-state index is 11.7. The third-order valence-corrected chi connectivity index (χ3v) is 3.46. The van der Waals surface area contributed by atoms with Crippen molar-refractivity contribution in [2.75, 3.05) is 12.3 Å². The number of aliphatic hydroxyl groups is 2. The van der Waals surface area contributed by atoms with Crippen molar-refractivity contribution in [1.29, 1.82) is 0 Å². The fraction of sp³-hybridized carbons (Fsp3) is 0.500. The van der Waals surface area contributed by atoms with Crippen LogP contribution in [0.15, 0.2) is 4.79 Å². The van der Waals surface area contributed by atoms with Gasteiger partial charge in [-0.05, 0) is 11.6 Å². The van der Waals surface area contributed by atoms with E-state index >= 15 is 0 Å². The summed E-state index contributed by atoms with van der Waals surface area (Å²) in [6.07, 6.45) is -2.02. The minimum atomic E-state index is -0.835. The molecule has 0 unspecified atom stereocenters. The highest BCUT2D eigenvalue weighted by Crippen LogP contribution is 2.33. The smallest absolute Gasteiger partial charge is 0.280 e. The van der Waals surface area contributed by atoms with Crippen LogP contribution in [-0.2, 0) is 4.74 Å². The second kappa shape index (κ2) is 4.70. The number of anilines is 1. The Kier molecular flexibility index (Phi) is 3.13. The van der Waals surface area contributed by atoms with Crippen molar-refractivity contribution >= 4 is 28.7 Å². The zero-order chi connectivity index (χ0) is 14.4. The van der Waals surface area contributed by atoms with Gasteiger partial charge in [-0.15, -0.1) is 0 Å². The molecule has 0 bridgehead atoms. The molecule has 0 aliphatic carbocycles. The van der Waals surface area contributed by atoms with Crippen molar-refractivity contribution in [3.05, 3.63) is 15.6 Å². The summed E-state index contributed by atoms with van der Waals surface area (Å²) in [5.41, 5.74) is 5.20. The van der Waals surface area contributed by atoms with Gasteiger partial charge < -0.3 is 20.7 Å². The summed E-state index contributed by atoms with van der Waals surface area (Å²) < 4.78 is 6.86. The quantitative estimate of drug-likeness (QED) is 0.521. The fourth-order valence-electron chi connectivity index (χ4n) is 2.27. The fourth-order valence-corrected chi connectivity index (χ4v) is 2.54. The van der Waals surface area contributed by atoms with E-state index in [9.17, 15) is 9.90 Å². The van der Waals surface area contributed by atoms with Crippen molar-refractivity contribution in [3.63, 3.8) is 0 Å². The van der Waals surface area contributed by atoms with Crippen LogP contribution in [0.3, 0.4) is 0 Å². The molecule has 3 rings (SSSR count). The lowest BCUT2D eigenvalue weighted by molar-refractivity contribution is -0.0431. The molecule has 0 spiro atoms. The van der Waals surface area contributed by atoms with Crippen LogP contribution in [0.5, 0.6) is 0 Å². The molecule has 1 saturated heterocycles. The van der Waals surface area contributed by atoms with E-state index in [1.807, 2.05) is 0 Å². The molecular formula is C10H12ClN5O4. The molecule has 2 aromatic heterocycles. The van der Waals surface area contributed by atoms with E-state index in [1.165, 1.54) is 4.57 Å². The summed E-state index contributed by atoms with van der Waals surface area (Å²) in [5, 5.41) is 18.8. The number of nitrogens with zero attached hydrogens (tertiary/aromatic N) is 3. The number of hydrogen-bond donors (Lipinski definition) is 4. The number of nitrogens with one attached hydrogen (secondary N) is 1. The number of halogens is 1. The Hall–Kier alpha value is -1.68. The summed E-state index contributed by atoms with van der Waals surface area (Å²) in [6.45, 7) is -0.321. The summed E-state index contributed by atoms with van der Waals surface area (Å²) >= 11 is 6.00. The number of H-pyrrole nitrogens is 1. The van der Waals surface area contributed by atoms with E-state index in [4.69, 9.17) is 27.2 Å². The minimum absolute atomic E-state index is 0.000565. The highest BCUT2D eigenvalue weighted by atomic mass is 35.5. The molecule has 3 heterocycles. The molecule has 0 amide bonds. The topological polar surface area (TPSA) is 139 Å². The molecule has 1 aliphatic rings. The van der Waals surface area contributed by atoms with Crippen molar-refractivity contribution < 1.29 is 14.9 Å². The van der Waals surface area contributed by atoms with Gasteiger partial charge in [0.1, 0.15) is 12.3 Å². The highest BCUT2D eigenvalue weighted by molar-refractivity contribution is 6.29. The predicted molar refractivity (Wildman–Crippen MR) is 69.2 cm³/mol. The highest BCUT2D eigenvalue weighted by Gasteiger charge is 2.36. The van der Waals surface area contributed by atoms with Gasteiger partial charge in [-0.25, -0.2) is 4.98 Å².